The lowest BCUT2D eigenvalue weighted by atomic mass is 10.1. The Morgan fingerprint density at radius 3 is 2.67 bits per heavy atom. The average Bonchev–Trinajstić information content (AvgIpc) is 3.20. The maximum atomic E-state index is 12.6. The third-order valence-electron chi connectivity index (χ3n) is 3.86. The fraction of sp³-hybridized carbons (Fsp3) is 0.176. The number of nitrogens with one attached hydrogen (secondary N) is 1. The molecule has 0 spiro atoms. The van der Waals surface area contributed by atoms with Crippen LogP contribution in [0.3, 0.4) is 0 Å². The van der Waals surface area contributed by atoms with E-state index in [-0.39, 0.29) is 29.0 Å². The lowest BCUT2D eigenvalue weighted by molar-refractivity contribution is -0.384. The van der Waals surface area contributed by atoms with E-state index in [0.717, 1.165) is 4.68 Å². The molecule has 2 aromatic heterocycles. The highest BCUT2D eigenvalue weighted by atomic mass is 35.5. The average molecular weight is 391 g/mol. The summed E-state index contributed by atoms with van der Waals surface area (Å²) in [6, 6.07) is 8.44. The second kappa shape index (κ2) is 8.02. The zero-order chi connectivity index (χ0) is 19.4. The fourth-order valence-corrected chi connectivity index (χ4v) is 2.71. The Bertz CT molecular complexity index is 986. The quantitative estimate of drug-likeness (QED) is 0.469. The zero-order valence-electron chi connectivity index (χ0n) is 13.9. The number of aliphatic hydroxyl groups excluding tert-OH is 1. The van der Waals surface area contributed by atoms with E-state index in [2.05, 4.69) is 10.4 Å². The van der Waals surface area contributed by atoms with Gasteiger partial charge >= 0.3 is 0 Å². The summed E-state index contributed by atoms with van der Waals surface area (Å²) in [5.74, 6) is 0.583. The molecule has 1 unspecified atom stereocenters. The van der Waals surface area contributed by atoms with Gasteiger partial charge in [0.05, 0.1) is 34.8 Å². The number of furan rings is 1. The molecule has 0 amide bonds. The largest absolute Gasteiger partial charge is 0.467 e. The van der Waals surface area contributed by atoms with E-state index < -0.39 is 10.5 Å². The minimum absolute atomic E-state index is 0.0940. The molecule has 1 aromatic carbocycles. The van der Waals surface area contributed by atoms with Crippen LogP contribution >= 0.6 is 11.6 Å². The lowest BCUT2D eigenvalue weighted by Gasteiger charge is -2.18. The molecule has 0 aliphatic rings. The van der Waals surface area contributed by atoms with Gasteiger partial charge in [0.15, 0.2) is 0 Å². The van der Waals surface area contributed by atoms with Crippen LogP contribution in [0.15, 0.2) is 58.1 Å². The van der Waals surface area contributed by atoms with E-state index in [0.29, 0.717) is 17.9 Å². The summed E-state index contributed by atoms with van der Waals surface area (Å²) in [5.41, 5.74) is -0.0501. The maximum Gasteiger partial charge on any atom is 0.292 e. The van der Waals surface area contributed by atoms with Gasteiger partial charge in [0.25, 0.3) is 11.2 Å². The molecule has 0 radical (unpaired) electrons. The van der Waals surface area contributed by atoms with Gasteiger partial charge in [-0.3, -0.25) is 14.9 Å². The number of aromatic nitrogens is 2. The summed E-state index contributed by atoms with van der Waals surface area (Å²) in [5, 5.41) is 27.0. The van der Waals surface area contributed by atoms with Gasteiger partial charge in [-0.05, 0) is 30.7 Å². The van der Waals surface area contributed by atoms with Crippen LogP contribution in [0.4, 0.5) is 11.4 Å². The van der Waals surface area contributed by atoms with Gasteiger partial charge in [-0.1, -0.05) is 11.6 Å². The molecule has 0 aliphatic heterocycles. The first-order valence-electron chi connectivity index (χ1n) is 7.94. The predicted molar refractivity (Wildman–Crippen MR) is 98.3 cm³/mol. The van der Waals surface area contributed by atoms with Crippen LogP contribution in [-0.4, -0.2) is 26.4 Å². The van der Waals surface area contributed by atoms with Crippen LogP contribution in [0, 0.1) is 10.1 Å². The number of nitro benzene ring substituents is 1. The van der Waals surface area contributed by atoms with Crippen LogP contribution in [0.25, 0.3) is 5.69 Å². The van der Waals surface area contributed by atoms with Gasteiger partial charge in [-0.15, -0.1) is 0 Å². The molecule has 1 atom stereocenters. The molecule has 0 aliphatic carbocycles. The van der Waals surface area contributed by atoms with Gasteiger partial charge in [-0.2, -0.15) is 9.78 Å². The molecular weight excluding hydrogens is 376 g/mol. The summed E-state index contributed by atoms with van der Waals surface area (Å²) >= 11 is 6.20. The van der Waals surface area contributed by atoms with E-state index in [1.807, 2.05) is 0 Å². The molecule has 10 heteroatoms. The number of benzene rings is 1. The van der Waals surface area contributed by atoms with Crippen LogP contribution in [-0.2, 0) is 0 Å². The van der Waals surface area contributed by atoms with Crippen molar-refractivity contribution in [1.82, 2.24) is 9.78 Å². The Balaban J connectivity index is 1.90. The molecule has 9 nitrogen and oxygen atoms in total. The Hall–Kier alpha value is -3.17. The van der Waals surface area contributed by atoms with Gasteiger partial charge in [-0.25, -0.2) is 0 Å². The molecule has 0 fully saturated rings. The van der Waals surface area contributed by atoms with Crippen molar-refractivity contribution in [2.75, 3.05) is 11.9 Å². The zero-order valence-corrected chi connectivity index (χ0v) is 14.7. The SMILES string of the molecule is O=c1c(Cl)c(NC(CCO)c2ccco2)cnn1-c1ccc([N+](=O)[O-])cc1. The first-order valence-corrected chi connectivity index (χ1v) is 8.32. The van der Waals surface area contributed by atoms with Gasteiger partial charge < -0.3 is 14.8 Å². The molecule has 2 heterocycles. The third-order valence-corrected chi connectivity index (χ3v) is 4.22. The highest BCUT2D eigenvalue weighted by molar-refractivity contribution is 6.33. The van der Waals surface area contributed by atoms with E-state index in [1.54, 1.807) is 12.1 Å². The summed E-state index contributed by atoms with van der Waals surface area (Å²) in [6.07, 6.45) is 3.22. The molecular formula is C17H15ClN4O5. The molecule has 27 heavy (non-hydrogen) atoms. The first kappa shape index (κ1) is 18.6. The molecule has 2 N–H and O–H groups in total. The number of hydrogen-bond acceptors (Lipinski definition) is 7. The Labute approximate surface area is 158 Å². The second-order valence-corrected chi connectivity index (χ2v) is 5.97. The Kier molecular flexibility index (Phi) is 5.53. The second-order valence-electron chi connectivity index (χ2n) is 5.59. The summed E-state index contributed by atoms with van der Waals surface area (Å²) in [4.78, 5) is 22.8. The van der Waals surface area contributed by atoms with Crippen molar-refractivity contribution in [3.8, 4) is 5.69 Å². The number of halogens is 1. The standard InChI is InChI=1S/C17H15ClN4O5/c18-16-14(20-13(7-8-23)15-2-1-9-27-15)10-19-21(17(16)24)11-3-5-12(6-4-11)22(25)26/h1-6,9-10,13,20,23H,7-8H2. The monoisotopic (exact) mass is 390 g/mol. The molecule has 0 bridgehead atoms. The van der Waals surface area contributed by atoms with Gasteiger partial charge in [0, 0.05) is 18.7 Å². The van der Waals surface area contributed by atoms with Crippen LogP contribution in [0.5, 0.6) is 0 Å². The normalized spacial score (nSPS) is 11.9. The van der Waals surface area contributed by atoms with Crippen LogP contribution < -0.4 is 10.9 Å². The Morgan fingerprint density at radius 2 is 2.07 bits per heavy atom. The smallest absolute Gasteiger partial charge is 0.292 e. The first-order chi connectivity index (χ1) is 13.0. The van der Waals surface area contributed by atoms with E-state index in [1.165, 1.54) is 36.7 Å². The molecule has 3 aromatic rings. The van der Waals surface area contributed by atoms with Crippen LogP contribution in [0.1, 0.15) is 18.2 Å². The third kappa shape index (κ3) is 3.99. The maximum absolute atomic E-state index is 12.6. The topological polar surface area (TPSA) is 123 Å². The lowest BCUT2D eigenvalue weighted by Crippen LogP contribution is -2.23. The highest BCUT2D eigenvalue weighted by Crippen LogP contribution is 2.26. The van der Waals surface area contributed by atoms with E-state index >= 15 is 0 Å². The number of nitro groups is 1. The number of anilines is 1. The fourth-order valence-electron chi connectivity index (χ4n) is 2.52. The number of rotatable bonds is 7. The van der Waals surface area contributed by atoms with Crippen molar-refractivity contribution < 1.29 is 14.4 Å². The molecule has 0 saturated heterocycles. The van der Waals surface area contributed by atoms with Crippen molar-refractivity contribution in [2.45, 2.75) is 12.5 Å². The number of non-ortho nitro benzene ring substituents is 1. The molecule has 3 rings (SSSR count). The number of aliphatic hydroxyl groups is 1. The van der Waals surface area contributed by atoms with Crippen molar-refractivity contribution in [3.63, 3.8) is 0 Å². The van der Waals surface area contributed by atoms with Crippen molar-refractivity contribution in [2.24, 2.45) is 0 Å². The van der Waals surface area contributed by atoms with E-state index in [4.69, 9.17) is 16.0 Å². The van der Waals surface area contributed by atoms with Gasteiger partial charge in [0.1, 0.15) is 10.8 Å². The minimum Gasteiger partial charge on any atom is -0.467 e. The molecule has 0 saturated carbocycles. The number of nitrogens with zero attached hydrogens (tertiary/aromatic N) is 3. The minimum atomic E-state index is -0.585. The van der Waals surface area contributed by atoms with Gasteiger partial charge in [0.2, 0.25) is 0 Å². The van der Waals surface area contributed by atoms with Crippen LogP contribution in [0.2, 0.25) is 5.02 Å². The molecule has 140 valence electrons. The summed E-state index contributed by atoms with van der Waals surface area (Å²) in [7, 11) is 0. The van der Waals surface area contributed by atoms with Crippen molar-refractivity contribution >= 4 is 23.0 Å². The van der Waals surface area contributed by atoms with Crippen molar-refractivity contribution in [1.29, 1.82) is 0 Å². The Morgan fingerprint density at radius 1 is 1.33 bits per heavy atom. The summed E-state index contributed by atoms with van der Waals surface area (Å²) in [6.45, 7) is -0.0940. The number of hydrogen-bond donors (Lipinski definition) is 2. The summed E-state index contributed by atoms with van der Waals surface area (Å²) < 4.78 is 6.39. The predicted octanol–water partition coefficient (Wildman–Crippen LogP) is 2.92. The van der Waals surface area contributed by atoms with E-state index in [9.17, 15) is 20.0 Å². The van der Waals surface area contributed by atoms with Crippen molar-refractivity contribution in [3.05, 3.63) is 80.1 Å². The highest BCUT2D eigenvalue weighted by Gasteiger charge is 2.18.